The minimum absolute atomic E-state index is 0.0470. The van der Waals surface area contributed by atoms with Crippen molar-refractivity contribution in [1.29, 1.82) is 0 Å². The average molecular weight is 460 g/mol. The monoisotopic (exact) mass is 459 g/mol. The first-order chi connectivity index (χ1) is 13.8. The number of piperidine rings is 1. The van der Waals surface area contributed by atoms with Crippen LogP contribution in [0, 0.1) is 16.5 Å². The van der Waals surface area contributed by atoms with Crippen LogP contribution in [0.25, 0.3) is 0 Å². The molecule has 5 nitrogen and oxygen atoms in total. The summed E-state index contributed by atoms with van der Waals surface area (Å²) in [6.45, 7) is 12.6. The SMILES string of the molecule is CC(C)(C1CCCNC1)N1CCC(CCc2ccc(F)s2)(C(C)(C)NS(C)(=O)=O)C1. The van der Waals surface area contributed by atoms with Crippen LogP contribution in [0.2, 0.25) is 0 Å². The zero-order valence-electron chi connectivity index (χ0n) is 19.1. The van der Waals surface area contributed by atoms with Crippen LogP contribution in [0.1, 0.15) is 58.3 Å². The molecule has 1 aromatic heterocycles. The average Bonchev–Trinajstić information content (AvgIpc) is 3.26. The predicted molar refractivity (Wildman–Crippen MR) is 123 cm³/mol. The van der Waals surface area contributed by atoms with Crippen molar-refractivity contribution in [2.45, 2.75) is 70.9 Å². The lowest BCUT2D eigenvalue weighted by Gasteiger charge is -2.48. The molecule has 2 saturated heterocycles. The first-order valence-corrected chi connectivity index (χ1v) is 13.7. The van der Waals surface area contributed by atoms with E-state index in [2.05, 4.69) is 28.8 Å². The second kappa shape index (κ2) is 8.77. The lowest BCUT2D eigenvalue weighted by Crippen LogP contribution is -2.59. The van der Waals surface area contributed by atoms with E-state index in [9.17, 15) is 12.8 Å². The normalized spacial score (nSPS) is 26.9. The summed E-state index contributed by atoms with van der Waals surface area (Å²) < 4.78 is 40.8. The number of thiophene rings is 1. The van der Waals surface area contributed by atoms with Gasteiger partial charge in [-0.2, -0.15) is 4.39 Å². The van der Waals surface area contributed by atoms with Crippen molar-refractivity contribution in [2.75, 3.05) is 32.4 Å². The molecule has 0 aromatic carbocycles. The number of halogens is 1. The molecule has 2 N–H and O–H groups in total. The van der Waals surface area contributed by atoms with Crippen LogP contribution in [0.15, 0.2) is 12.1 Å². The highest BCUT2D eigenvalue weighted by molar-refractivity contribution is 7.88. The molecular formula is C22H38FN3O2S2. The van der Waals surface area contributed by atoms with Gasteiger partial charge in [0.2, 0.25) is 10.0 Å². The van der Waals surface area contributed by atoms with Crippen molar-refractivity contribution in [2.24, 2.45) is 11.3 Å². The Balaban J connectivity index is 1.84. The van der Waals surface area contributed by atoms with Crippen molar-refractivity contribution in [3.63, 3.8) is 0 Å². The third-order valence-electron chi connectivity index (χ3n) is 7.71. The molecule has 1 aromatic rings. The second-order valence-corrected chi connectivity index (χ2v) is 13.2. The fraction of sp³-hybridized carbons (Fsp3) is 0.818. The smallest absolute Gasteiger partial charge is 0.209 e. The van der Waals surface area contributed by atoms with Crippen molar-refractivity contribution in [1.82, 2.24) is 14.9 Å². The first kappa shape index (κ1) is 24.1. The molecule has 172 valence electrons. The van der Waals surface area contributed by atoms with E-state index in [0.29, 0.717) is 5.92 Å². The van der Waals surface area contributed by atoms with Gasteiger partial charge >= 0.3 is 0 Å². The fourth-order valence-electron chi connectivity index (χ4n) is 5.52. The number of sulfonamides is 1. The van der Waals surface area contributed by atoms with Crippen molar-refractivity contribution in [3.05, 3.63) is 22.1 Å². The summed E-state index contributed by atoms with van der Waals surface area (Å²) in [5.74, 6) is 0.583. The van der Waals surface area contributed by atoms with Gasteiger partial charge in [-0.25, -0.2) is 13.1 Å². The van der Waals surface area contributed by atoms with Gasteiger partial charge in [-0.05, 0) is 97.5 Å². The fourth-order valence-corrected chi connectivity index (χ4v) is 7.39. The Labute approximate surface area is 185 Å². The molecule has 2 unspecified atom stereocenters. The summed E-state index contributed by atoms with van der Waals surface area (Å²) in [4.78, 5) is 3.60. The van der Waals surface area contributed by atoms with Crippen LogP contribution in [-0.4, -0.2) is 56.8 Å². The molecule has 0 radical (unpaired) electrons. The highest BCUT2D eigenvalue weighted by Crippen LogP contribution is 2.48. The van der Waals surface area contributed by atoms with Crippen molar-refractivity contribution < 1.29 is 12.8 Å². The van der Waals surface area contributed by atoms with E-state index in [0.717, 1.165) is 50.3 Å². The number of nitrogens with zero attached hydrogens (tertiary/aromatic N) is 1. The Hall–Kier alpha value is -0.540. The van der Waals surface area contributed by atoms with Gasteiger partial charge in [-0.1, -0.05) is 0 Å². The van der Waals surface area contributed by atoms with E-state index in [1.807, 2.05) is 19.9 Å². The summed E-state index contributed by atoms with van der Waals surface area (Å²) in [5, 5.41) is 3.38. The van der Waals surface area contributed by atoms with Gasteiger partial charge in [0.05, 0.1) is 6.26 Å². The van der Waals surface area contributed by atoms with Gasteiger partial charge in [0.1, 0.15) is 0 Å². The third-order valence-corrected chi connectivity index (χ3v) is 9.52. The van der Waals surface area contributed by atoms with E-state index in [1.54, 1.807) is 0 Å². The van der Waals surface area contributed by atoms with E-state index in [1.165, 1.54) is 36.5 Å². The van der Waals surface area contributed by atoms with Gasteiger partial charge in [0.25, 0.3) is 0 Å². The van der Waals surface area contributed by atoms with E-state index < -0.39 is 15.6 Å². The Morgan fingerprint density at radius 1 is 1.33 bits per heavy atom. The lowest BCUT2D eigenvalue weighted by atomic mass is 9.68. The summed E-state index contributed by atoms with van der Waals surface area (Å²) >= 11 is 1.20. The van der Waals surface area contributed by atoms with Crippen molar-refractivity contribution >= 4 is 21.4 Å². The minimum atomic E-state index is -3.35. The molecule has 8 heteroatoms. The van der Waals surface area contributed by atoms with Gasteiger partial charge in [0.15, 0.2) is 5.13 Å². The zero-order valence-corrected chi connectivity index (χ0v) is 20.7. The summed E-state index contributed by atoms with van der Waals surface area (Å²) in [6.07, 6.45) is 6.20. The maximum absolute atomic E-state index is 13.5. The van der Waals surface area contributed by atoms with Crippen molar-refractivity contribution in [3.8, 4) is 0 Å². The number of rotatable bonds is 8. The Morgan fingerprint density at radius 3 is 2.63 bits per heavy atom. The number of nitrogens with one attached hydrogen (secondary N) is 2. The number of hydrogen-bond donors (Lipinski definition) is 2. The molecular weight excluding hydrogens is 421 g/mol. The van der Waals surface area contributed by atoms with Crippen LogP contribution in [0.5, 0.6) is 0 Å². The summed E-state index contributed by atoms with van der Waals surface area (Å²) in [5.41, 5.74) is -0.757. The number of aryl methyl sites for hydroxylation is 1. The highest BCUT2D eigenvalue weighted by Gasteiger charge is 2.53. The maximum Gasteiger partial charge on any atom is 0.209 e. The van der Waals surface area contributed by atoms with Crippen LogP contribution in [-0.2, 0) is 16.4 Å². The summed E-state index contributed by atoms with van der Waals surface area (Å²) in [6, 6.07) is 3.38. The van der Waals surface area contributed by atoms with Gasteiger partial charge in [-0.15, -0.1) is 11.3 Å². The van der Waals surface area contributed by atoms with E-state index in [4.69, 9.17) is 0 Å². The Morgan fingerprint density at radius 2 is 2.07 bits per heavy atom. The molecule has 0 spiro atoms. The first-order valence-electron chi connectivity index (χ1n) is 11.0. The molecule has 3 heterocycles. The predicted octanol–water partition coefficient (Wildman–Crippen LogP) is 3.62. The zero-order chi connectivity index (χ0) is 22.2. The van der Waals surface area contributed by atoms with E-state index >= 15 is 0 Å². The second-order valence-electron chi connectivity index (χ2n) is 10.4. The van der Waals surface area contributed by atoms with E-state index in [-0.39, 0.29) is 16.1 Å². The quantitative estimate of drug-likeness (QED) is 0.623. The van der Waals surface area contributed by atoms with Gasteiger partial charge in [-0.3, -0.25) is 4.90 Å². The molecule has 30 heavy (non-hydrogen) atoms. The molecule has 0 aliphatic carbocycles. The van der Waals surface area contributed by atoms with Gasteiger partial charge < -0.3 is 5.32 Å². The molecule has 3 rings (SSSR count). The maximum atomic E-state index is 13.5. The lowest BCUT2D eigenvalue weighted by molar-refractivity contribution is 0.0428. The Bertz CT molecular complexity index is 831. The molecule has 2 fully saturated rings. The summed E-state index contributed by atoms with van der Waals surface area (Å²) in [7, 11) is -3.35. The standard InChI is InChI=1S/C22H38FN3O2S2/c1-20(2,17-7-6-13-24-15-17)26-14-12-22(16-26,21(3,4)25-30(5,27)28)11-10-18-8-9-19(23)29-18/h8-9,17,24-25H,6-7,10-16H2,1-5H3. The van der Waals surface area contributed by atoms with Gasteiger partial charge in [0, 0.05) is 27.9 Å². The number of likely N-dealkylation sites (tertiary alicyclic amines) is 1. The minimum Gasteiger partial charge on any atom is -0.316 e. The topological polar surface area (TPSA) is 61.4 Å². The number of hydrogen-bond acceptors (Lipinski definition) is 5. The third kappa shape index (κ3) is 5.26. The molecule has 2 atom stereocenters. The van der Waals surface area contributed by atoms with Crippen LogP contribution < -0.4 is 10.0 Å². The molecule has 0 bridgehead atoms. The Kier molecular flexibility index (Phi) is 7.05. The molecule has 0 saturated carbocycles. The van der Waals surface area contributed by atoms with Crippen LogP contribution in [0.4, 0.5) is 4.39 Å². The van der Waals surface area contributed by atoms with Crippen LogP contribution >= 0.6 is 11.3 Å². The molecule has 2 aliphatic rings. The van der Waals surface area contributed by atoms with Crippen LogP contribution in [0.3, 0.4) is 0 Å². The largest absolute Gasteiger partial charge is 0.316 e. The highest BCUT2D eigenvalue weighted by atomic mass is 32.2. The molecule has 2 aliphatic heterocycles. The molecule has 0 amide bonds.